The standard InChI is InChI=1S/C18H14Cl2O4/c1-11(21)23-15-7-3-13(4-8-15)17(18(19)20)14-5-9-16(10-6-14)24-12(2)22/h3-10H,1-2H3. The van der Waals surface area contributed by atoms with Gasteiger partial charge in [-0.25, -0.2) is 0 Å². The van der Waals surface area contributed by atoms with Crippen molar-refractivity contribution in [1.82, 2.24) is 0 Å². The lowest BCUT2D eigenvalue weighted by molar-refractivity contribution is -0.132. The van der Waals surface area contributed by atoms with E-state index >= 15 is 0 Å². The average molecular weight is 365 g/mol. The summed E-state index contributed by atoms with van der Waals surface area (Å²) in [4.78, 5) is 21.9. The average Bonchev–Trinajstić information content (AvgIpc) is 2.49. The largest absolute Gasteiger partial charge is 0.427 e. The minimum atomic E-state index is -0.394. The fourth-order valence-electron chi connectivity index (χ4n) is 2.10. The molecule has 2 aromatic carbocycles. The van der Waals surface area contributed by atoms with Gasteiger partial charge in [0.25, 0.3) is 0 Å². The smallest absolute Gasteiger partial charge is 0.308 e. The van der Waals surface area contributed by atoms with Gasteiger partial charge in [0.15, 0.2) is 0 Å². The first-order valence-corrected chi connectivity index (χ1v) is 7.75. The SMILES string of the molecule is CC(=O)Oc1ccc(C(=C(Cl)Cl)c2ccc(OC(C)=O)cc2)cc1. The number of carbonyl (C=O) groups is 2. The van der Waals surface area contributed by atoms with E-state index < -0.39 is 11.9 Å². The van der Waals surface area contributed by atoms with Gasteiger partial charge >= 0.3 is 11.9 Å². The van der Waals surface area contributed by atoms with Crippen molar-refractivity contribution >= 4 is 40.7 Å². The maximum absolute atomic E-state index is 11.0. The number of esters is 2. The highest BCUT2D eigenvalue weighted by Crippen LogP contribution is 2.32. The van der Waals surface area contributed by atoms with Crippen LogP contribution >= 0.6 is 23.2 Å². The Morgan fingerprint density at radius 2 is 1.04 bits per heavy atom. The molecule has 0 radical (unpaired) electrons. The summed E-state index contributed by atoms with van der Waals surface area (Å²) in [5.74, 6) is 0.0768. The molecule has 2 aromatic rings. The molecule has 124 valence electrons. The number of halogens is 2. The zero-order valence-electron chi connectivity index (χ0n) is 13.0. The lowest BCUT2D eigenvalue weighted by atomic mass is 9.99. The molecule has 24 heavy (non-hydrogen) atoms. The fourth-order valence-corrected chi connectivity index (χ4v) is 2.53. The highest BCUT2D eigenvalue weighted by atomic mass is 35.5. The molecule has 0 fully saturated rings. The van der Waals surface area contributed by atoms with Crippen LogP contribution in [0.25, 0.3) is 5.57 Å². The van der Waals surface area contributed by atoms with Crippen molar-refractivity contribution in [3.8, 4) is 11.5 Å². The van der Waals surface area contributed by atoms with Crippen molar-refractivity contribution in [3.05, 3.63) is 64.1 Å². The van der Waals surface area contributed by atoms with Crippen LogP contribution in [-0.4, -0.2) is 11.9 Å². The monoisotopic (exact) mass is 364 g/mol. The summed E-state index contributed by atoms with van der Waals surface area (Å²) >= 11 is 12.1. The Morgan fingerprint density at radius 3 is 1.29 bits per heavy atom. The van der Waals surface area contributed by atoms with E-state index in [2.05, 4.69) is 0 Å². The second kappa shape index (κ2) is 7.99. The summed E-state index contributed by atoms with van der Waals surface area (Å²) < 4.78 is 10.1. The summed E-state index contributed by atoms with van der Waals surface area (Å²) in [6, 6.07) is 13.6. The van der Waals surface area contributed by atoms with Crippen LogP contribution in [0.4, 0.5) is 0 Å². The van der Waals surface area contributed by atoms with Gasteiger partial charge in [-0.1, -0.05) is 47.5 Å². The van der Waals surface area contributed by atoms with Crippen LogP contribution in [0.15, 0.2) is 53.0 Å². The Kier molecular flexibility index (Phi) is 6.01. The Hall–Kier alpha value is -2.30. The van der Waals surface area contributed by atoms with Crippen molar-refractivity contribution in [2.75, 3.05) is 0 Å². The van der Waals surface area contributed by atoms with E-state index in [1.807, 2.05) is 0 Å². The van der Waals surface area contributed by atoms with Gasteiger partial charge in [-0.2, -0.15) is 0 Å². The molecule has 0 heterocycles. The minimum Gasteiger partial charge on any atom is -0.427 e. The molecule has 0 bridgehead atoms. The maximum Gasteiger partial charge on any atom is 0.308 e. The van der Waals surface area contributed by atoms with Gasteiger partial charge in [0.1, 0.15) is 16.0 Å². The number of hydrogen-bond acceptors (Lipinski definition) is 4. The number of carbonyl (C=O) groups excluding carboxylic acids is 2. The van der Waals surface area contributed by atoms with Gasteiger partial charge in [0.05, 0.1) is 0 Å². The molecule has 0 amide bonds. The van der Waals surface area contributed by atoms with Crippen LogP contribution in [0.3, 0.4) is 0 Å². The summed E-state index contributed by atoms with van der Waals surface area (Å²) in [6.07, 6.45) is 0. The summed E-state index contributed by atoms with van der Waals surface area (Å²) in [6.45, 7) is 2.67. The second-order valence-electron chi connectivity index (χ2n) is 4.87. The first-order valence-electron chi connectivity index (χ1n) is 7.00. The van der Waals surface area contributed by atoms with Gasteiger partial charge in [0, 0.05) is 19.4 Å². The quantitative estimate of drug-likeness (QED) is 0.581. The summed E-state index contributed by atoms with van der Waals surface area (Å²) in [5, 5.41) is 0. The molecule has 0 aliphatic rings. The van der Waals surface area contributed by atoms with E-state index in [0.29, 0.717) is 17.1 Å². The molecule has 0 aliphatic carbocycles. The third-order valence-corrected chi connectivity index (χ3v) is 3.38. The van der Waals surface area contributed by atoms with Gasteiger partial charge in [-0.05, 0) is 35.4 Å². The Bertz CT molecular complexity index is 712. The number of rotatable bonds is 4. The van der Waals surface area contributed by atoms with Crippen molar-refractivity contribution in [2.24, 2.45) is 0 Å². The Labute approximate surface area is 149 Å². The van der Waals surface area contributed by atoms with E-state index in [0.717, 1.165) is 11.1 Å². The molecule has 0 spiro atoms. The third-order valence-electron chi connectivity index (χ3n) is 3.00. The van der Waals surface area contributed by atoms with E-state index in [9.17, 15) is 9.59 Å². The predicted molar refractivity (Wildman–Crippen MR) is 93.2 cm³/mol. The molecule has 0 atom stereocenters. The van der Waals surface area contributed by atoms with Crippen molar-refractivity contribution in [2.45, 2.75) is 13.8 Å². The zero-order chi connectivity index (χ0) is 17.7. The van der Waals surface area contributed by atoms with E-state index in [-0.39, 0.29) is 4.49 Å². The normalized spacial score (nSPS) is 10.0. The molecular weight excluding hydrogens is 351 g/mol. The predicted octanol–water partition coefficient (Wildman–Crippen LogP) is 4.73. The molecule has 4 nitrogen and oxygen atoms in total. The van der Waals surface area contributed by atoms with E-state index in [1.165, 1.54) is 13.8 Å². The van der Waals surface area contributed by atoms with Gasteiger partial charge in [0.2, 0.25) is 0 Å². The molecule has 0 aliphatic heterocycles. The van der Waals surface area contributed by atoms with E-state index in [1.54, 1.807) is 48.5 Å². The highest BCUT2D eigenvalue weighted by Gasteiger charge is 2.11. The fraction of sp³-hybridized carbons (Fsp3) is 0.111. The molecule has 0 saturated carbocycles. The van der Waals surface area contributed by atoms with Crippen LogP contribution < -0.4 is 9.47 Å². The van der Waals surface area contributed by atoms with Crippen LogP contribution in [-0.2, 0) is 9.59 Å². The van der Waals surface area contributed by atoms with Crippen LogP contribution in [0, 0.1) is 0 Å². The molecule has 0 saturated heterocycles. The molecule has 0 N–H and O–H groups in total. The topological polar surface area (TPSA) is 52.6 Å². The number of hydrogen-bond donors (Lipinski definition) is 0. The van der Waals surface area contributed by atoms with Crippen LogP contribution in [0.2, 0.25) is 0 Å². The highest BCUT2D eigenvalue weighted by molar-refractivity contribution is 6.59. The van der Waals surface area contributed by atoms with Crippen LogP contribution in [0.1, 0.15) is 25.0 Å². The second-order valence-corrected chi connectivity index (χ2v) is 5.82. The summed E-state index contributed by atoms with van der Waals surface area (Å²) in [5.41, 5.74) is 2.12. The first-order chi connectivity index (χ1) is 11.4. The molecule has 6 heteroatoms. The molecule has 0 unspecified atom stereocenters. The minimum absolute atomic E-state index is 0.0930. The zero-order valence-corrected chi connectivity index (χ0v) is 14.5. The lowest BCUT2D eigenvalue weighted by Gasteiger charge is -2.10. The third kappa shape index (κ3) is 4.85. The lowest BCUT2D eigenvalue weighted by Crippen LogP contribution is -2.01. The number of ether oxygens (including phenoxy) is 2. The summed E-state index contributed by atoms with van der Waals surface area (Å²) in [7, 11) is 0. The Morgan fingerprint density at radius 1 is 0.708 bits per heavy atom. The molecule has 0 aromatic heterocycles. The van der Waals surface area contributed by atoms with Gasteiger partial charge in [-0.3, -0.25) is 9.59 Å². The van der Waals surface area contributed by atoms with Crippen LogP contribution in [0.5, 0.6) is 11.5 Å². The maximum atomic E-state index is 11.0. The van der Waals surface area contributed by atoms with E-state index in [4.69, 9.17) is 32.7 Å². The Balaban J connectivity index is 2.32. The number of benzene rings is 2. The van der Waals surface area contributed by atoms with Crippen molar-refractivity contribution in [1.29, 1.82) is 0 Å². The van der Waals surface area contributed by atoms with Crippen molar-refractivity contribution < 1.29 is 19.1 Å². The first kappa shape index (κ1) is 18.0. The van der Waals surface area contributed by atoms with Gasteiger partial charge in [-0.15, -0.1) is 0 Å². The molecule has 2 rings (SSSR count). The molecular formula is C18H14Cl2O4. The van der Waals surface area contributed by atoms with Gasteiger partial charge < -0.3 is 9.47 Å². The van der Waals surface area contributed by atoms with Crippen molar-refractivity contribution in [3.63, 3.8) is 0 Å².